The largest absolute Gasteiger partial charge is 0.443 e. The number of nitrogen functional groups attached to an aromatic ring is 1. The second kappa shape index (κ2) is 5.90. The molecule has 0 amide bonds. The molecule has 2 N–H and O–H groups in total. The maximum Gasteiger partial charge on any atom is 0.245 e. The molecule has 4 nitrogen and oxygen atoms in total. The van der Waals surface area contributed by atoms with Gasteiger partial charge >= 0.3 is 0 Å². The molecule has 2 heterocycles. The summed E-state index contributed by atoms with van der Waals surface area (Å²) in [4.78, 5) is 8.37. The van der Waals surface area contributed by atoms with E-state index >= 15 is 0 Å². The number of oxazole rings is 1. The van der Waals surface area contributed by atoms with Crippen LogP contribution in [0.5, 0.6) is 0 Å². The molecule has 2 rings (SSSR count). The van der Waals surface area contributed by atoms with Gasteiger partial charge in [-0.3, -0.25) is 0 Å². The average molecular weight is 219 g/mol. The predicted octanol–water partition coefficient (Wildman–Crippen LogP) is 2.91. The summed E-state index contributed by atoms with van der Waals surface area (Å²) in [6.45, 7) is 6.02. The quantitative estimate of drug-likeness (QED) is 0.843. The monoisotopic (exact) mass is 219 g/mol. The summed E-state index contributed by atoms with van der Waals surface area (Å²) < 4.78 is 5.27. The molecular weight excluding hydrogens is 202 g/mol. The Morgan fingerprint density at radius 3 is 2.56 bits per heavy atom. The van der Waals surface area contributed by atoms with Gasteiger partial charge in [0.15, 0.2) is 0 Å². The highest BCUT2D eigenvalue weighted by atomic mass is 16.3. The average Bonchev–Trinajstić information content (AvgIpc) is 2.80. The smallest absolute Gasteiger partial charge is 0.245 e. The molecule has 0 aliphatic carbocycles. The summed E-state index contributed by atoms with van der Waals surface area (Å²) in [5.41, 5.74) is 7.15. The molecule has 0 aliphatic heterocycles. The second-order valence-corrected chi connectivity index (χ2v) is 2.95. The van der Waals surface area contributed by atoms with Gasteiger partial charge in [0.1, 0.15) is 17.8 Å². The van der Waals surface area contributed by atoms with Gasteiger partial charge in [0.25, 0.3) is 0 Å². The fourth-order valence-corrected chi connectivity index (χ4v) is 1.16. The molecule has 0 fully saturated rings. The predicted molar refractivity (Wildman–Crippen MR) is 64.9 cm³/mol. The minimum absolute atomic E-state index is 0.471. The normalized spacial score (nSPS) is 9.44. The van der Waals surface area contributed by atoms with Crippen molar-refractivity contribution >= 4 is 5.82 Å². The first-order valence-corrected chi connectivity index (χ1v) is 5.47. The number of aryl methyl sites for hydroxylation is 1. The fraction of sp³-hybridized carbons (Fsp3) is 0.333. The number of pyridine rings is 1. The van der Waals surface area contributed by atoms with Crippen molar-refractivity contribution in [3.63, 3.8) is 0 Å². The van der Waals surface area contributed by atoms with Crippen LogP contribution in [0.4, 0.5) is 5.82 Å². The van der Waals surface area contributed by atoms with Gasteiger partial charge in [0.2, 0.25) is 5.89 Å². The maximum absolute atomic E-state index is 5.55. The van der Waals surface area contributed by atoms with E-state index in [-0.39, 0.29) is 0 Å². The summed E-state index contributed by atoms with van der Waals surface area (Å²) in [6.07, 6.45) is 2.49. The first kappa shape index (κ1) is 12.2. The number of anilines is 1. The molecule has 0 aromatic carbocycles. The number of hydrogen-bond acceptors (Lipinski definition) is 4. The Bertz CT molecular complexity index is 437. The zero-order valence-electron chi connectivity index (χ0n) is 9.90. The van der Waals surface area contributed by atoms with Crippen LogP contribution >= 0.6 is 0 Å². The lowest BCUT2D eigenvalue weighted by Crippen LogP contribution is -1.91. The second-order valence-electron chi connectivity index (χ2n) is 2.95. The Balaban J connectivity index is 0.000000606. The van der Waals surface area contributed by atoms with E-state index in [1.165, 1.54) is 0 Å². The van der Waals surface area contributed by atoms with Crippen molar-refractivity contribution in [2.45, 2.75) is 27.2 Å². The molecule has 0 saturated carbocycles. The molecule has 0 spiro atoms. The van der Waals surface area contributed by atoms with Crippen molar-refractivity contribution in [3.05, 3.63) is 30.2 Å². The third kappa shape index (κ3) is 2.82. The SMILES string of the molecule is CC.CCc1coc(-c2cccc(N)n2)n1. The molecule has 0 radical (unpaired) electrons. The van der Waals surface area contributed by atoms with E-state index in [1.54, 1.807) is 12.3 Å². The summed E-state index contributed by atoms with van der Waals surface area (Å²) in [6, 6.07) is 5.38. The lowest BCUT2D eigenvalue weighted by Gasteiger charge is -1.95. The van der Waals surface area contributed by atoms with E-state index < -0.39 is 0 Å². The van der Waals surface area contributed by atoms with Crippen LogP contribution in [0.1, 0.15) is 26.5 Å². The van der Waals surface area contributed by atoms with Gasteiger partial charge in [-0.15, -0.1) is 0 Å². The van der Waals surface area contributed by atoms with E-state index in [0.29, 0.717) is 17.4 Å². The summed E-state index contributed by atoms with van der Waals surface area (Å²) in [5, 5.41) is 0. The molecule has 2 aromatic heterocycles. The standard InChI is InChI=1S/C10H11N3O.C2H6/c1-2-7-6-14-10(12-7)8-4-3-5-9(11)13-8;1-2/h3-6H,2H2,1H3,(H2,11,13);1-2H3. The summed E-state index contributed by atoms with van der Waals surface area (Å²) in [5.74, 6) is 0.993. The highest BCUT2D eigenvalue weighted by Gasteiger charge is 2.06. The molecule has 0 bridgehead atoms. The van der Waals surface area contributed by atoms with Gasteiger partial charge in [-0.2, -0.15) is 0 Å². The first-order chi connectivity index (χ1) is 7.79. The molecule has 4 heteroatoms. The van der Waals surface area contributed by atoms with Gasteiger partial charge in [0.05, 0.1) is 5.69 Å². The molecule has 0 unspecified atom stereocenters. The Hall–Kier alpha value is -1.84. The third-order valence-electron chi connectivity index (χ3n) is 1.90. The van der Waals surface area contributed by atoms with Crippen LogP contribution in [-0.4, -0.2) is 9.97 Å². The van der Waals surface area contributed by atoms with Crippen LogP contribution in [0.15, 0.2) is 28.9 Å². The van der Waals surface area contributed by atoms with Crippen LogP contribution in [-0.2, 0) is 6.42 Å². The molecule has 2 aromatic rings. The number of hydrogen-bond donors (Lipinski definition) is 1. The van der Waals surface area contributed by atoms with Crippen molar-refractivity contribution in [2.75, 3.05) is 5.73 Å². The number of rotatable bonds is 2. The van der Waals surface area contributed by atoms with Crippen LogP contribution in [0.3, 0.4) is 0 Å². The van der Waals surface area contributed by atoms with E-state index in [2.05, 4.69) is 9.97 Å². The highest BCUT2D eigenvalue weighted by molar-refractivity contribution is 5.50. The Morgan fingerprint density at radius 2 is 2.00 bits per heavy atom. The van der Waals surface area contributed by atoms with Gasteiger partial charge in [-0.1, -0.05) is 26.8 Å². The third-order valence-corrected chi connectivity index (χ3v) is 1.90. The maximum atomic E-state index is 5.55. The van der Waals surface area contributed by atoms with Crippen LogP contribution < -0.4 is 5.73 Å². The number of aromatic nitrogens is 2. The van der Waals surface area contributed by atoms with Crippen molar-refractivity contribution in [1.82, 2.24) is 9.97 Å². The van der Waals surface area contributed by atoms with E-state index in [0.717, 1.165) is 12.1 Å². The number of nitrogens with zero attached hydrogens (tertiary/aromatic N) is 2. The lowest BCUT2D eigenvalue weighted by molar-refractivity contribution is 0.570. The van der Waals surface area contributed by atoms with Crippen LogP contribution in [0, 0.1) is 0 Å². The van der Waals surface area contributed by atoms with Crippen LogP contribution in [0.25, 0.3) is 11.6 Å². The molecule has 0 aliphatic rings. The number of nitrogens with two attached hydrogens (primary N) is 1. The van der Waals surface area contributed by atoms with Gasteiger partial charge < -0.3 is 10.2 Å². The van der Waals surface area contributed by atoms with Crippen molar-refractivity contribution in [1.29, 1.82) is 0 Å². The van der Waals surface area contributed by atoms with E-state index in [9.17, 15) is 0 Å². The molecule has 0 atom stereocenters. The summed E-state index contributed by atoms with van der Waals surface area (Å²) >= 11 is 0. The zero-order valence-corrected chi connectivity index (χ0v) is 9.90. The zero-order chi connectivity index (χ0) is 12.0. The fourth-order valence-electron chi connectivity index (χ4n) is 1.16. The van der Waals surface area contributed by atoms with Gasteiger partial charge in [-0.25, -0.2) is 9.97 Å². The molecular formula is C12H17N3O. The molecule has 0 saturated heterocycles. The van der Waals surface area contributed by atoms with Crippen molar-refractivity contribution in [2.24, 2.45) is 0 Å². The minimum Gasteiger partial charge on any atom is -0.443 e. The van der Waals surface area contributed by atoms with Crippen molar-refractivity contribution < 1.29 is 4.42 Å². The topological polar surface area (TPSA) is 64.9 Å². The molecule has 16 heavy (non-hydrogen) atoms. The van der Waals surface area contributed by atoms with E-state index in [1.807, 2.05) is 32.9 Å². The highest BCUT2D eigenvalue weighted by Crippen LogP contribution is 2.17. The lowest BCUT2D eigenvalue weighted by atomic mass is 10.3. The summed E-state index contributed by atoms with van der Waals surface area (Å²) in [7, 11) is 0. The van der Waals surface area contributed by atoms with Crippen molar-refractivity contribution in [3.8, 4) is 11.6 Å². The Labute approximate surface area is 95.5 Å². The Morgan fingerprint density at radius 1 is 1.25 bits per heavy atom. The Kier molecular flexibility index (Phi) is 4.51. The van der Waals surface area contributed by atoms with Crippen LogP contribution in [0.2, 0.25) is 0 Å². The van der Waals surface area contributed by atoms with E-state index in [4.69, 9.17) is 10.2 Å². The first-order valence-electron chi connectivity index (χ1n) is 5.47. The molecule has 86 valence electrons. The van der Waals surface area contributed by atoms with Gasteiger partial charge in [0, 0.05) is 0 Å². The van der Waals surface area contributed by atoms with Gasteiger partial charge in [-0.05, 0) is 18.6 Å². The minimum atomic E-state index is 0.471.